The van der Waals surface area contributed by atoms with Crippen LogP contribution in [0.3, 0.4) is 0 Å². The number of nitrogens with zero attached hydrogens (tertiary/aromatic N) is 4. The Kier molecular flexibility index (Phi) is 10.7. The molecule has 7 nitrogen and oxygen atoms in total. The van der Waals surface area contributed by atoms with E-state index in [1.165, 1.54) is 5.56 Å². The zero-order chi connectivity index (χ0) is 21.2. The van der Waals surface area contributed by atoms with Gasteiger partial charge in [0.15, 0.2) is 5.96 Å². The second kappa shape index (κ2) is 13.3. The predicted molar refractivity (Wildman–Crippen MR) is 135 cm³/mol. The third-order valence-corrected chi connectivity index (χ3v) is 5.21. The fourth-order valence-electron chi connectivity index (χ4n) is 3.39. The second-order valence-corrected chi connectivity index (χ2v) is 7.81. The fourth-order valence-corrected chi connectivity index (χ4v) is 3.39. The lowest BCUT2D eigenvalue weighted by molar-refractivity contribution is -0.127. The zero-order valence-corrected chi connectivity index (χ0v) is 20.7. The molecule has 1 aliphatic rings. The van der Waals surface area contributed by atoms with Gasteiger partial charge in [0.25, 0.3) is 0 Å². The summed E-state index contributed by atoms with van der Waals surface area (Å²) in [4.78, 5) is 25.0. The highest BCUT2D eigenvalue weighted by Crippen LogP contribution is 2.14. The summed E-state index contributed by atoms with van der Waals surface area (Å²) in [5.74, 6) is 0.678. The molecule has 0 aliphatic carbocycles. The van der Waals surface area contributed by atoms with E-state index in [9.17, 15) is 4.79 Å². The summed E-state index contributed by atoms with van der Waals surface area (Å²) in [7, 11) is 3.51. The zero-order valence-electron chi connectivity index (χ0n) is 18.3. The number of hydrogen-bond donors (Lipinski definition) is 2. The third-order valence-electron chi connectivity index (χ3n) is 5.21. The molecule has 1 aliphatic heterocycles. The van der Waals surface area contributed by atoms with Crippen LogP contribution in [0.2, 0.25) is 0 Å². The van der Waals surface area contributed by atoms with Crippen LogP contribution in [0.1, 0.15) is 24.1 Å². The minimum absolute atomic E-state index is 0. The van der Waals surface area contributed by atoms with Crippen LogP contribution < -0.4 is 10.6 Å². The number of rotatable bonds is 7. The molecule has 0 atom stereocenters. The number of likely N-dealkylation sites (tertiary alicyclic amines) is 1. The molecule has 8 heteroatoms. The van der Waals surface area contributed by atoms with Gasteiger partial charge < -0.3 is 15.5 Å². The van der Waals surface area contributed by atoms with E-state index in [2.05, 4.69) is 55.8 Å². The number of carbonyl (C=O) groups is 1. The number of halogens is 1. The van der Waals surface area contributed by atoms with Crippen LogP contribution in [-0.2, 0) is 17.9 Å². The van der Waals surface area contributed by atoms with Crippen molar-refractivity contribution in [1.29, 1.82) is 0 Å². The minimum atomic E-state index is 0. The van der Waals surface area contributed by atoms with Gasteiger partial charge in [0, 0.05) is 46.0 Å². The standard InChI is InChI=1S/C23H32N6O.HI/c1-28(2)22(30)17-26-23(25-16-21-10-6-7-13-24-21)27-20-11-14-29(15-12-20)18-19-8-4-3-5-9-19;/h3-10,13,20H,11-12,14-18H2,1-2H3,(H2,25,26,27);1H. The number of piperidine rings is 1. The molecule has 2 heterocycles. The van der Waals surface area contributed by atoms with E-state index in [0.29, 0.717) is 18.5 Å². The number of amides is 1. The van der Waals surface area contributed by atoms with Crippen molar-refractivity contribution in [3.63, 3.8) is 0 Å². The van der Waals surface area contributed by atoms with Crippen LogP contribution in [0.5, 0.6) is 0 Å². The lowest BCUT2D eigenvalue weighted by atomic mass is 10.0. The molecule has 3 rings (SSSR count). The van der Waals surface area contributed by atoms with Crippen molar-refractivity contribution < 1.29 is 4.79 Å². The first-order valence-electron chi connectivity index (χ1n) is 10.5. The van der Waals surface area contributed by atoms with Crippen LogP contribution in [0.15, 0.2) is 59.7 Å². The molecule has 1 aromatic carbocycles. The molecule has 2 N–H and O–H groups in total. The maximum absolute atomic E-state index is 12.0. The Balaban J connectivity index is 0.00000341. The van der Waals surface area contributed by atoms with Crippen molar-refractivity contribution in [1.82, 2.24) is 25.4 Å². The van der Waals surface area contributed by atoms with Gasteiger partial charge in [-0.2, -0.15) is 0 Å². The van der Waals surface area contributed by atoms with Gasteiger partial charge in [-0.25, -0.2) is 4.99 Å². The van der Waals surface area contributed by atoms with Crippen molar-refractivity contribution in [3.05, 3.63) is 66.0 Å². The molecule has 0 radical (unpaired) electrons. The van der Waals surface area contributed by atoms with E-state index in [4.69, 9.17) is 0 Å². The van der Waals surface area contributed by atoms with Crippen LogP contribution in [0.4, 0.5) is 0 Å². The highest BCUT2D eigenvalue weighted by Gasteiger charge is 2.20. The first-order valence-corrected chi connectivity index (χ1v) is 10.5. The van der Waals surface area contributed by atoms with Crippen molar-refractivity contribution >= 4 is 35.8 Å². The van der Waals surface area contributed by atoms with Crippen LogP contribution in [0, 0.1) is 0 Å². The van der Waals surface area contributed by atoms with Crippen LogP contribution in [-0.4, -0.2) is 66.4 Å². The summed E-state index contributed by atoms with van der Waals surface area (Å²) in [5, 5.41) is 6.69. The number of hydrogen-bond acceptors (Lipinski definition) is 4. The van der Waals surface area contributed by atoms with Gasteiger partial charge in [-0.3, -0.25) is 14.7 Å². The molecular weight excluding hydrogens is 503 g/mol. The molecule has 0 unspecified atom stereocenters. The van der Waals surface area contributed by atoms with Gasteiger partial charge in [0.05, 0.1) is 18.8 Å². The second-order valence-electron chi connectivity index (χ2n) is 7.81. The minimum Gasteiger partial charge on any atom is -0.354 e. The first-order chi connectivity index (χ1) is 14.6. The maximum atomic E-state index is 12.0. The molecule has 0 bridgehead atoms. The molecule has 1 fully saturated rings. The SMILES string of the molecule is CN(C)C(=O)CNC(=NCc1ccccn1)NC1CCN(Cc2ccccc2)CC1.I. The van der Waals surface area contributed by atoms with Gasteiger partial charge in [-0.1, -0.05) is 36.4 Å². The maximum Gasteiger partial charge on any atom is 0.241 e. The van der Waals surface area contributed by atoms with Gasteiger partial charge in [0.1, 0.15) is 0 Å². The molecule has 2 aromatic rings. The summed E-state index contributed by atoms with van der Waals surface area (Å²) in [6.07, 6.45) is 3.85. The Bertz CT molecular complexity index is 807. The highest BCUT2D eigenvalue weighted by atomic mass is 127. The smallest absolute Gasteiger partial charge is 0.241 e. The summed E-state index contributed by atoms with van der Waals surface area (Å²) >= 11 is 0. The number of aromatic nitrogens is 1. The third kappa shape index (κ3) is 8.82. The van der Waals surface area contributed by atoms with E-state index in [0.717, 1.165) is 38.2 Å². The number of aliphatic imine (C=N–C) groups is 1. The molecule has 1 aromatic heterocycles. The average Bonchev–Trinajstić information content (AvgIpc) is 2.78. The summed E-state index contributed by atoms with van der Waals surface area (Å²) in [5.41, 5.74) is 2.25. The van der Waals surface area contributed by atoms with Gasteiger partial charge in [-0.05, 0) is 30.5 Å². The van der Waals surface area contributed by atoms with Crippen LogP contribution in [0.25, 0.3) is 0 Å². The Hall–Kier alpha value is -2.20. The Labute approximate surface area is 202 Å². The predicted octanol–water partition coefficient (Wildman–Crippen LogP) is 2.49. The average molecular weight is 536 g/mol. The lowest BCUT2D eigenvalue weighted by Gasteiger charge is -2.33. The molecule has 31 heavy (non-hydrogen) atoms. The normalized spacial score (nSPS) is 15.1. The fraction of sp³-hybridized carbons (Fsp3) is 0.435. The quantitative estimate of drug-likeness (QED) is 0.323. The topological polar surface area (TPSA) is 72.9 Å². The molecule has 0 spiro atoms. The highest BCUT2D eigenvalue weighted by molar-refractivity contribution is 14.0. The van der Waals surface area contributed by atoms with E-state index in [1.54, 1.807) is 25.2 Å². The molecule has 1 amide bonds. The van der Waals surface area contributed by atoms with Crippen molar-refractivity contribution in [2.75, 3.05) is 33.7 Å². The van der Waals surface area contributed by atoms with Crippen LogP contribution >= 0.6 is 24.0 Å². The largest absolute Gasteiger partial charge is 0.354 e. The number of benzene rings is 1. The molecular formula is C23H33IN6O. The van der Waals surface area contributed by atoms with Crippen molar-refractivity contribution in [2.24, 2.45) is 4.99 Å². The Morgan fingerprint density at radius 1 is 1.13 bits per heavy atom. The number of likely N-dealkylation sites (N-methyl/N-ethyl adjacent to an activating group) is 1. The monoisotopic (exact) mass is 536 g/mol. The van der Waals surface area contributed by atoms with Crippen molar-refractivity contribution in [3.8, 4) is 0 Å². The lowest BCUT2D eigenvalue weighted by Crippen LogP contribution is -2.50. The van der Waals surface area contributed by atoms with Gasteiger partial charge >= 0.3 is 0 Å². The number of pyridine rings is 1. The van der Waals surface area contributed by atoms with Gasteiger partial charge in [0.2, 0.25) is 5.91 Å². The van der Waals surface area contributed by atoms with E-state index in [1.807, 2.05) is 18.2 Å². The summed E-state index contributed by atoms with van der Waals surface area (Å²) in [6, 6.07) is 16.7. The molecule has 168 valence electrons. The van der Waals surface area contributed by atoms with E-state index < -0.39 is 0 Å². The van der Waals surface area contributed by atoms with Gasteiger partial charge in [-0.15, -0.1) is 24.0 Å². The number of guanidine groups is 1. The first kappa shape index (κ1) is 25.1. The number of carbonyl (C=O) groups excluding carboxylic acids is 1. The Morgan fingerprint density at radius 3 is 2.48 bits per heavy atom. The van der Waals surface area contributed by atoms with E-state index in [-0.39, 0.29) is 36.4 Å². The van der Waals surface area contributed by atoms with E-state index >= 15 is 0 Å². The van der Waals surface area contributed by atoms with Crippen molar-refractivity contribution in [2.45, 2.75) is 32.0 Å². The summed E-state index contributed by atoms with van der Waals surface area (Å²) < 4.78 is 0. The Morgan fingerprint density at radius 2 is 1.84 bits per heavy atom. The number of nitrogens with one attached hydrogen (secondary N) is 2. The summed E-state index contributed by atoms with van der Waals surface area (Å²) in [6.45, 7) is 3.75. The molecule has 1 saturated heterocycles. The molecule has 0 saturated carbocycles.